The van der Waals surface area contributed by atoms with Crippen molar-refractivity contribution in [3.63, 3.8) is 0 Å². The van der Waals surface area contributed by atoms with Crippen LogP contribution in [0.5, 0.6) is 0 Å². The van der Waals surface area contributed by atoms with Gasteiger partial charge >= 0.3 is 0 Å². The van der Waals surface area contributed by atoms with Gasteiger partial charge < -0.3 is 0 Å². The van der Waals surface area contributed by atoms with E-state index in [0.717, 1.165) is 27.3 Å². The topological polar surface area (TPSA) is 39.8 Å². The summed E-state index contributed by atoms with van der Waals surface area (Å²) in [5.41, 5.74) is 3.75. The van der Waals surface area contributed by atoms with Gasteiger partial charge in [-0.2, -0.15) is 0 Å². The number of aryl methyl sites for hydroxylation is 2. The van der Waals surface area contributed by atoms with Crippen LogP contribution in [0.25, 0.3) is 21.3 Å². The van der Waals surface area contributed by atoms with Crippen molar-refractivity contribution in [2.45, 2.75) is 13.8 Å². The molecule has 4 nitrogen and oxygen atoms in total. The molecule has 4 rings (SSSR count). The van der Waals surface area contributed by atoms with E-state index in [1.54, 1.807) is 11.0 Å². The van der Waals surface area contributed by atoms with E-state index in [9.17, 15) is 4.79 Å². The molecule has 0 spiro atoms. The molecule has 3 heterocycles. The van der Waals surface area contributed by atoms with Crippen molar-refractivity contribution in [2.75, 3.05) is 0 Å². The lowest BCUT2D eigenvalue weighted by atomic mass is 10.1. The SMILES string of the molecule is Cc1ccc(C)n1-n1cnc2scc(-c3ccc(Cl)cc3)c2c1=O. The summed E-state index contributed by atoms with van der Waals surface area (Å²) >= 11 is 7.45. The number of nitrogens with zero attached hydrogens (tertiary/aromatic N) is 3. The molecular formula is C18H14ClN3OS. The average molecular weight is 356 g/mol. The van der Waals surface area contributed by atoms with Crippen molar-refractivity contribution in [2.24, 2.45) is 0 Å². The molecule has 120 valence electrons. The van der Waals surface area contributed by atoms with E-state index in [-0.39, 0.29) is 5.56 Å². The summed E-state index contributed by atoms with van der Waals surface area (Å²) in [5.74, 6) is 0. The highest BCUT2D eigenvalue weighted by atomic mass is 35.5. The Morgan fingerprint density at radius 1 is 1.04 bits per heavy atom. The smallest absolute Gasteiger partial charge is 0.267 e. The van der Waals surface area contributed by atoms with Crippen LogP contribution in [0, 0.1) is 13.8 Å². The van der Waals surface area contributed by atoms with Crippen LogP contribution in [-0.2, 0) is 0 Å². The Labute approximate surface area is 147 Å². The van der Waals surface area contributed by atoms with Crippen LogP contribution in [0.4, 0.5) is 0 Å². The lowest BCUT2D eigenvalue weighted by molar-refractivity contribution is 0.594. The fourth-order valence-corrected chi connectivity index (χ4v) is 3.94. The van der Waals surface area contributed by atoms with Crippen LogP contribution in [0.2, 0.25) is 5.02 Å². The first-order valence-corrected chi connectivity index (χ1v) is 8.72. The molecule has 24 heavy (non-hydrogen) atoms. The number of fused-ring (bicyclic) bond motifs is 1. The zero-order valence-electron chi connectivity index (χ0n) is 13.2. The minimum absolute atomic E-state index is 0.0754. The van der Waals surface area contributed by atoms with Crippen LogP contribution < -0.4 is 5.56 Å². The maximum absolute atomic E-state index is 13.1. The van der Waals surface area contributed by atoms with Gasteiger partial charge in [-0.1, -0.05) is 23.7 Å². The van der Waals surface area contributed by atoms with E-state index in [1.165, 1.54) is 11.3 Å². The highest BCUT2D eigenvalue weighted by Gasteiger charge is 2.15. The van der Waals surface area contributed by atoms with Gasteiger partial charge in [0.2, 0.25) is 0 Å². The van der Waals surface area contributed by atoms with Gasteiger partial charge in [0, 0.05) is 27.4 Å². The van der Waals surface area contributed by atoms with E-state index >= 15 is 0 Å². The third kappa shape index (κ3) is 2.28. The van der Waals surface area contributed by atoms with E-state index < -0.39 is 0 Å². The highest BCUT2D eigenvalue weighted by molar-refractivity contribution is 7.17. The van der Waals surface area contributed by atoms with Gasteiger partial charge in [-0.3, -0.25) is 9.47 Å². The molecule has 0 aliphatic rings. The summed E-state index contributed by atoms with van der Waals surface area (Å²) in [6, 6.07) is 11.5. The van der Waals surface area contributed by atoms with Crippen LogP contribution in [-0.4, -0.2) is 14.3 Å². The molecule has 0 unspecified atom stereocenters. The van der Waals surface area contributed by atoms with Crippen molar-refractivity contribution < 1.29 is 0 Å². The molecule has 0 aliphatic heterocycles. The standard InChI is InChI=1S/C18H14ClN3OS/c1-11-3-4-12(2)22(11)21-10-20-17-16(18(21)23)15(9-24-17)13-5-7-14(19)8-6-13/h3-10H,1-2H3. The first-order valence-electron chi connectivity index (χ1n) is 7.46. The molecule has 0 saturated heterocycles. The highest BCUT2D eigenvalue weighted by Crippen LogP contribution is 2.31. The van der Waals surface area contributed by atoms with Crippen molar-refractivity contribution in [1.82, 2.24) is 14.3 Å². The third-order valence-corrected chi connectivity index (χ3v) is 5.22. The normalized spacial score (nSPS) is 11.3. The predicted octanol–water partition coefficient (Wildman–Crippen LogP) is 4.51. The van der Waals surface area contributed by atoms with Crippen LogP contribution in [0.3, 0.4) is 0 Å². The van der Waals surface area contributed by atoms with Crippen molar-refractivity contribution >= 4 is 33.2 Å². The minimum atomic E-state index is -0.0754. The first kappa shape index (κ1) is 15.2. The van der Waals surface area contributed by atoms with Crippen molar-refractivity contribution in [1.29, 1.82) is 0 Å². The molecule has 0 aliphatic carbocycles. The maximum Gasteiger partial charge on any atom is 0.282 e. The zero-order valence-corrected chi connectivity index (χ0v) is 14.7. The molecule has 4 aromatic rings. The van der Waals surface area contributed by atoms with Gasteiger partial charge in [0.1, 0.15) is 11.2 Å². The number of benzene rings is 1. The molecular weight excluding hydrogens is 342 g/mol. The summed E-state index contributed by atoms with van der Waals surface area (Å²) in [4.78, 5) is 18.4. The lowest BCUT2D eigenvalue weighted by Gasteiger charge is -2.12. The summed E-state index contributed by atoms with van der Waals surface area (Å²) < 4.78 is 3.44. The van der Waals surface area contributed by atoms with Gasteiger partial charge in [-0.15, -0.1) is 11.3 Å². The van der Waals surface area contributed by atoms with Gasteiger partial charge in [-0.25, -0.2) is 9.66 Å². The fourth-order valence-electron chi connectivity index (χ4n) is 2.91. The molecule has 0 amide bonds. The molecule has 1 aromatic carbocycles. The number of halogens is 1. The van der Waals surface area contributed by atoms with E-state index in [0.29, 0.717) is 10.4 Å². The van der Waals surface area contributed by atoms with Gasteiger partial charge in [-0.05, 0) is 43.7 Å². The summed E-state index contributed by atoms with van der Waals surface area (Å²) in [5, 5.41) is 3.28. The number of hydrogen-bond donors (Lipinski definition) is 0. The van der Waals surface area contributed by atoms with Crippen LogP contribution in [0.1, 0.15) is 11.4 Å². The Bertz CT molecular complexity index is 1090. The predicted molar refractivity (Wildman–Crippen MR) is 99.0 cm³/mol. The third-order valence-electron chi connectivity index (χ3n) is 4.08. The molecule has 0 bridgehead atoms. The van der Waals surface area contributed by atoms with Crippen molar-refractivity contribution in [3.05, 3.63) is 74.9 Å². The Kier molecular flexibility index (Phi) is 3.55. The molecule has 0 atom stereocenters. The monoisotopic (exact) mass is 355 g/mol. The Hall–Kier alpha value is -2.37. The molecule has 3 aromatic heterocycles. The number of aromatic nitrogens is 3. The van der Waals surface area contributed by atoms with E-state index in [4.69, 9.17) is 11.6 Å². The summed E-state index contributed by atoms with van der Waals surface area (Å²) in [7, 11) is 0. The van der Waals surface area contributed by atoms with Gasteiger partial charge in [0.15, 0.2) is 0 Å². The lowest BCUT2D eigenvalue weighted by Crippen LogP contribution is -2.27. The van der Waals surface area contributed by atoms with E-state index in [1.807, 2.05) is 60.3 Å². The minimum Gasteiger partial charge on any atom is -0.267 e. The second-order valence-electron chi connectivity index (χ2n) is 5.66. The second kappa shape index (κ2) is 5.61. The van der Waals surface area contributed by atoms with Crippen LogP contribution >= 0.6 is 22.9 Å². The maximum atomic E-state index is 13.1. The molecule has 6 heteroatoms. The van der Waals surface area contributed by atoms with Crippen molar-refractivity contribution in [3.8, 4) is 11.1 Å². The molecule has 0 radical (unpaired) electrons. The van der Waals surface area contributed by atoms with E-state index in [2.05, 4.69) is 4.98 Å². The Balaban J connectivity index is 2.01. The Morgan fingerprint density at radius 3 is 2.38 bits per heavy atom. The largest absolute Gasteiger partial charge is 0.282 e. The first-order chi connectivity index (χ1) is 11.6. The van der Waals surface area contributed by atoms with Gasteiger partial charge in [0.25, 0.3) is 5.56 Å². The average Bonchev–Trinajstić information content (AvgIpc) is 3.14. The summed E-state index contributed by atoms with van der Waals surface area (Å²) in [6.07, 6.45) is 1.59. The Morgan fingerprint density at radius 2 is 1.71 bits per heavy atom. The van der Waals surface area contributed by atoms with Gasteiger partial charge in [0.05, 0.1) is 5.39 Å². The second-order valence-corrected chi connectivity index (χ2v) is 6.95. The molecule has 0 saturated carbocycles. The zero-order chi connectivity index (χ0) is 16.8. The fraction of sp³-hybridized carbons (Fsp3) is 0.111. The number of rotatable bonds is 2. The quantitative estimate of drug-likeness (QED) is 0.530. The number of hydrogen-bond acceptors (Lipinski definition) is 3. The van der Waals surface area contributed by atoms with Crippen LogP contribution in [0.15, 0.2) is 52.9 Å². The molecule has 0 fully saturated rings. The molecule has 0 N–H and O–H groups in total. The number of thiophene rings is 1. The summed E-state index contributed by atoms with van der Waals surface area (Å²) in [6.45, 7) is 3.94.